The van der Waals surface area contributed by atoms with Crippen LogP contribution in [0.2, 0.25) is 0 Å². The summed E-state index contributed by atoms with van der Waals surface area (Å²) >= 11 is 2.06. The van der Waals surface area contributed by atoms with Crippen molar-refractivity contribution in [2.75, 3.05) is 39.3 Å². The zero-order valence-corrected chi connectivity index (χ0v) is 25.9. The number of benzene rings is 3. The summed E-state index contributed by atoms with van der Waals surface area (Å²) in [6.07, 6.45) is 1.87. The first-order valence-corrected chi connectivity index (χ1v) is 14.1. The number of carbonyl (C=O) groups is 3. The Kier molecular flexibility index (Phi) is 12.4. The molecule has 3 N–H and O–H groups in total. The quantitative estimate of drug-likeness (QED) is 0.108. The van der Waals surface area contributed by atoms with Crippen LogP contribution in [0.25, 0.3) is 0 Å². The number of nitrogens with one attached hydrogen (secondary N) is 3. The third-order valence-corrected chi connectivity index (χ3v) is 6.55. The normalized spacial score (nSPS) is 10.6. The van der Waals surface area contributed by atoms with Gasteiger partial charge < -0.3 is 29.6 Å². The number of nitrogens with zero attached hydrogens (tertiary/aromatic N) is 1. The van der Waals surface area contributed by atoms with E-state index in [9.17, 15) is 14.4 Å². The smallest absolute Gasteiger partial charge is 0.329 e. The van der Waals surface area contributed by atoms with Gasteiger partial charge in [-0.1, -0.05) is 23.8 Å². The van der Waals surface area contributed by atoms with Crippen molar-refractivity contribution in [2.45, 2.75) is 20.3 Å². The second-order valence-electron chi connectivity index (χ2n) is 8.86. The fraction of sp³-hybridized carbons (Fsp3) is 0.267. The molecule has 0 saturated heterocycles. The van der Waals surface area contributed by atoms with Crippen LogP contribution in [0.1, 0.15) is 23.6 Å². The summed E-state index contributed by atoms with van der Waals surface area (Å²) in [7, 11) is 3.10. The van der Waals surface area contributed by atoms with E-state index >= 15 is 0 Å². The Balaban J connectivity index is 1.52. The summed E-state index contributed by atoms with van der Waals surface area (Å²) in [6.45, 7) is 4.18. The summed E-state index contributed by atoms with van der Waals surface area (Å²) in [5.41, 5.74) is 5.49. The van der Waals surface area contributed by atoms with Gasteiger partial charge in [0.1, 0.15) is 0 Å². The number of hydrazone groups is 1. The summed E-state index contributed by atoms with van der Waals surface area (Å²) < 4.78 is 22.6. The number of methoxy groups -OCH3 is 2. The molecule has 0 aliphatic carbocycles. The van der Waals surface area contributed by atoms with Gasteiger partial charge in [0, 0.05) is 12.2 Å². The maximum absolute atomic E-state index is 12.4. The van der Waals surface area contributed by atoms with Gasteiger partial charge in [-0.25, -0.2) is 5.43 Å². The minimum Gasteiger partial charge on any atom is -0.493 e. The monoisotopic (exact) mass is 688 g/mol. The minimum atomic E-state index is -0.905. The number of carbonyl (C=O) groups excluding carboxylic acids is 3. The molecule has 12 heteroatoms. The van der Waals surface area contributed by atoms with E-state index in [0.717, 1.165) is 11.1 Å². The highest BCUT2D eigenvalue weighted by Gasteiger charge is 2.15. The first kappa shape index (κ1) is 32.2. The van der Waals surface area contributed by atoms with Crippen molar-refractivity contribution in [3.63, 3.8) is 0 Å². The number of ether oxygens (including phenoxy) is 4. The number of hydrogen-bond donors (Lipinski definition) is 3. The van der Waals surface area contributed by atoms with Crippen molar-refractivity contribution in [3.05, 3.63) is 74.9 Å². The number of rotatable bonds is 13. The molecule has 0 heterocycles. The average molecular weight is 689 g/mol. The van der Waals surface area contributed by atoms with Crippen molar-refractivity contribution in [1.82, 2.24) is 10.7 Å². The lowest BCUT2D eigenvalue weighted by molar-refractivity contribution is -0.139. The third-order valence-electron chi connectivity index (χ3n) is 5.75. The van der Waals surface area contributed by atoms with Gasteiger partial charge in [0.15, 0.2) is 29.6 Å². The van der Waals surface area contributed by atoms with Gasteiger partial charge in [-0.05, 0) is 90.4 Å². The Morgan fingerprint density at radius 3 is 2.33 bits per heavy atom. The Morgan fingerprint density at radius 2 is 1.64 bits per heavy atom. The van der Waals surface area contributed by atoms with Gasteiger partial charge in [0.2, 0.25) is 0 Å². The lowest BCUT2D eigenvalue weighted by Crippen LogP contribution is -2.38. The van der Waals surface area contributed by atoms with E-state index in [1.165, 1.54) is 6.21 Å². The topological polar surface area (TPSA) is 137 Å². The summed E-state index contributed by atoms with van der Waals surface area (Å²) in [4.78, 5) is 36.8. The highest BCUT2D eigenvalue weighted by atomic mass is 127. The van der Waals surface area contributed by atoms with Gasteiger partial charge in [0.25, 0.3) is 5.91 Å². The molecule has 0 atom stereocenters. The van der Waals surface area contributed by atoms with Gasteiger partial charge in [-0.2, -0.15) is 5.10 Å². The molecule has 0 unspecified atom stereocenters. The zero-order valence-electron chi connectivity index (χ0n) is 23.8. The molecule has 0 radical (unpaired) electrons. The van der Waals surface area contributed by atoms with E-state index in [1.807, 2.05) is 50.2 Å². The van der Waals surface area contributed by atoms with Crippen molar-refractivity contribution in [3.8, 4) is 23.0 Å². The van der Waals surface area contributed by atoms with Crippen LogP contribution < -0.4 is 35.0 Å². The fourth-order valence-electron chi connectivity index (χ4n) is 3.69. The molecule has 11 nitrogen and oxygen atoms in total. The van der Waals surface area contributed by atoms with Crippen LogP contribution in [0.3, 0.4) is 0 Å². The van der Waals surface area contributed by atoms with Crippen LogP contribution in [0.5, 0.6) is 23.0 Å². The van der Waals surface area contributed by atoms with E-state index in [0.29, 0.717) is 50.8 Å². The standard InChI is InChI=1S/C30H33IN4O7/c1-5-41-26-16-21(14-23(31)28(26)42-18-27(36)34-22-9-6-19(2)7-10-22)17-33-35-30(38)29(37)32-13-12-20-8-11-24(39-3)25(15-20)40-4/h6-11,14-17H,5,12-13,18H2,1-4H3,(H,32,37)(H,34,36)(H,35,38)/b33-17-. The van der Waals surface area contributed by atoms with Crippen LogP contribution in [-0.4, -0.2) is 57.9 Å². The van der Waals surface area contributed by atoms with E-state index < -0.39 is 11.8 Å². The second kappa shape index (κ2) is 16.2. The van der Waals surface area contributed by atoms with E-state index in [1.54, 1.807) is 32.4 Å². The van der Waals surface area contributed by atoms with E-state index in [2.05, 4.69) is 43.8 Å². The molecule has 0 spiro atoms. The largest absolute Gasteiger partial charge is 0.493 e. The Labute approximate surface area is 258 Å². The molecule has 0 fully saturated rings. The molecular weight excluding hydrogens is 655 g/mol. The van der Waals surface area contributed by atoms with Gasteiger partial charge in [-0.15, -0.1) is 0 Å². The maximum Gasteiger partial charge on any atom is 0.329 e. The minimum absolute atomic E-state index is 0.214. The summed E-state index contributed by atoms with van der Waals surface area (Å²) in [5, 5.41) is 9.24. The van der Waals surface area contributed by atoms with Crippen LogP contribution >= 0.6 is 22.6 Å². The lowest BCUT2D eigenvalue weighted by Gasteiger charge is -2.14. The predicted octanol–water partition coefficient (Wildman–Crippen LogP) is 3.84. The molecule has 0 saturated carbocycles. The first-order valence-electron chi connectivity index (χ1n) is 13.0. The lowest BCUT2D eigenvalue weighted by atomic mass is 10.1. The number of hydrogen-bond acceptors (Lipinski definition) is 8. The summed E-state index contributed by atoms with van der Waals surface area (Å²) in [5.74, 6) is -0.0252. The van der Waals surface area contributed by atoms with Crippen molar-refractivity contribution in [2.24, 2.45) is 5.10 Å². The van der Waals surface area contributed by atoms with Crippen LogP contribution in [-0.2, 0) is 20.8 Å². The SMILES string of the molecule is CCOc1cc(/C=N\NC(=O)C(=O)NCCc2ccc(OC)c(OC)c2)cc(I)c1OCC(=O)Nc1ccc(C)cc1. The van der Waals surface area contributed by atoms with Crippen LogP contribution in [0.4, 0.5) is 5.69 Å². The predicted molar refractivity (Wildman–Crippen MR) is 168 cm³/mol. The fourth-order valence-corrected chi connectivity index (χ4v) is 4.47. The molecule has 3 amide bonds. The molecule has 42 heavy (non-hydrogen) atoms. The molecular formula is C30H33IN4O7. The Morgan fingerprint density at radius 1 is 0.905 bits per heavy atom. The van der Waals surface area contributed by atoms with Crippen molar-refractivity contribution >= 4 is 52.2 Å². The summed E-state index contributed by atoms with van der Waals surface area (Å²) in [6, 6.07) is 16.3. The first-order chi connectivity index (χ1) is 20.2. The van der Waals surface area contributed by atoms with Gasteiger partial charge in [0.05, 0.1) is 30.6 Å². The molecule has 3 aromatic carbocycles. The average Bonchev–Trinajstić information content (AvgIpc) is 2.97. The second-order valence-corrected chi connectivity index (χ2v) is 10.0. The van der Waals surface area contributed by atoms with E-state index in [4.69, 9.17) is 18.9 Å². The molecule has 222 valence electrons. The molecule has 0 bridgehead atoms. The molecule has 3 aromatic rings. The maximum atomic E-state index is 12.4. The number of amides is 3. The van der Waals surface area contributed by atoms with Crippen LogP contribution in [0, 0.1) is 10.5 Å². The third kappa shape index (κ3) is 9.65. The molecule has 0 aliphatic heterocycles. The Bertz CT molecular complexity index is 1430. The van der Waals surface area contributed by atoms with Crippen molar-refractivity contribution in [1.29, 1.82) is 0 Å². The number of anilines is 1. The molecule has 0 aliphatic rings. The molecule has 3 rings (SSSR count). The van der Waals surface area contributed by atoms with Gasteiger partial charge in [-0.3, -0.25) is 14.4 Å². The Hall–Kier alpha value is -4.33. The van der Waals surface area contributed by atoms with Crippen molar-refractivity contribution < 1.29 is 33.3 Å². The molecule has 0 aromatic heterocycles. The zero-order chi connectivity index (χ0) is 30.5. The highest BCUT2D eigenvalue weighted by Crippen LogP contribution is 2.34. The highest BCUT2D eigenvalue weighted by molar-refractivity contribution is 14.1. The van der Waals surface area contributed by atoms with Crippen LogP contribution in [0.15, 0.2) is 59.7 Å². The number of halogens is 1. The van der Waals surface area contributed by atoms with Gasteiger partial charge >= 0.3 is 11.8 Å². The number of aryl methyl sites for hydroxylation is 1. The van der Waals surface area contributed by atoms with E-state index in [-0.39, 0.29) is 19.1 Å².